The van der Waals surface area contributed by atoms with Gasteiger partial charge in [0, 0.05) is 53.9 Å². The van der Waals surface area contributed by atoms with E-state index in [1.807, 2.05) is 36.9 Å². The van der Waals surface area contributed by atoms with Gasteiger partial charge in [-0.25, -0.2) is 9.97 Å². The van der Waals surface area contributed by atoms with E-state index >= 15 is 0 Å². The molecule has 1 fully saturated rings. The van der Waals surface area contributed by atoms with E-state index in [4.69, 9.17) is 19.4 Å². The number of anilines is 2. The van der Waals surface area contributed by atoms with Gasteiger partial charge in [0.1, 0.15) is 0 Å². The second-order valence-corrected chi connectivity index (χ2v) is 11.2. The van der Waals surface area contributed by atoms with Crippen LogP contribution in [0.25, 0.3) is 44.1 Å². The van der Waals surface area contributed by atoms with Crippen molar-refractivity contribution in [3.8, 4) is 33.8 Å². The minimum atomic E-state index is 0.731. The third-order valence-corrected chi connectivity index (χ3v) is 8.40. The molecule has 6 heterocycles. The van der Waals surface area contributed by atoms with Crippen molar-refractivity contribution in [1.82, 2.24) is 35.3 Å². The Balaban J connectivity index is 1.09. The van der Waals surface area contributed by atoms with Crippen molar-refractivity contribution in [2.45, 2.75) is 19.3 Å². The first-order valence-corrected chi connectivity index (χ1v) is 14.9. The minimum Gasteiger partial charge on any atom is -0.450 e. The van der Waals surface area contributed by atoms with Crippen LogP contribution in [0.5, 0.6) is 11.5 Å². The highest BCUT2D eigenvalue weighted by Gasteiger charge is 2.28. The maximum Gasteiger partial charge on any atom is 0.177 e. The minimum absolute atomic E-state index is 0.731. The van der Waals surface area contributed by atoms with Crippen LogP contribution in [0.1, 0.15) is 19.3 Å². The molecule has 8 rings (SSSR count). The molecule has 2 aromatic carbocycles. The molecule has 0 saturated carbocycles. The summed E-state index contributed by atoms with van der Waals surface area (Å²) >= 11 is 0. The van der Waals surface area contributed by atoms with Crippen molar-refractivity contribution in [2.24, 2.45) is 0 Å². The molecule has 4 aromatic heterocycles. The van der Waals surface area contributed by atoms with E-state index in [0.29, 0.717) is 0 Å². The Hall–Kier alpha value is -4.80. The van der Waals surface area contributed by atoms with E-state index in [-0.39, 0.29) is 0 Å². The number of unbranched alkanes of at least 4 members (excludes halogenated alkanes) is 2. The number of ether oxygens (including phenoxy) is 2. The zero-order valence-electron chi connectivity index (χ0n) is 23.8. The lowest BCUT2D eigenvalue weighted by Gasteiger charge is -2.31. The van der Waals surface area contributed by atoms with Crippen molar-refractivity contribution in [2.75, 3.05) is 44.3 Å². The van der Waals surface area contributed by atoms with Crippen molar-refractivity contribution >= 4 is 33.4 Å². The lowest BCUT2D eigenvalue weighted by molar-refractivity contribution is 0.0371. The fourth-order valence-corrected chi connectivity index (χ4v) is 6.03. The first-order valence-electron chi connectivity index (χ1n) is 14.9. The van der Waals surface area contributed by atoms with Gasteiger partial charge in [-0.05, 0) is 66.9 Å². The standard InChI is InChI=1S/C33H32N8O2/c1(2-8-40-10-12-42-13-11-40)3-9-41-32-30(16-24(18-34-32)22-4-6-28-26(14-22)20-36-38-28)43-31-17-25(19-35-33(31)41)23-5-7-29-27(15-23)21-37-39-29/h4-7,14-21H,1-3,8-13H2,(H,36,38)(H,37,39). The molecule has 6 aromatic rings. The number of hydrogen-bond acceptors (Lipinski definition) is 8. The summed E-state index contributed by atoms with van der Waals surface area (Å²) in [6.07, 6.45) is 10.9. The Kier molecular flexibility index (Phi) is 6.69. The van der Waals surface area contributed by atoms with E-state index in [1.165, 1.54) is 0 Å². The molecule has 1 saturated heterocycles. The number of fused-ring (bicyclic) bond motifs is 4. The van der Waals surface area contributed by atoms with E-state index in [2.05, 4.69) is 66.6 Å². The summed E-state index contributed by atoms with van der Waals surface area (Å²) in [4.78, 5) is 14.6. The molecule has 0 spiro atoms. The number of benzene rings is 2. The quantitative estimate of drug-likeness (QED) is 0.204. The summed E-state index contributed by atoms with van der Waals surface area (Å²) in [5, 5.41) is 16.5. The van der Waals surface area contributed by atoms with Gasteiger partial charge >= 0.3 is 0 Å². The molecule has 10 nitrogen and oxygen atoms in total. The smallest absolute Gasteiger partial charge is 0.177 e. The largest absolute Gasteiger partial charge is 0.450 e. The molecule has 0 unspecified atom stereocenters. The summed E-state index contributed by atoms with van der Waals surface area (Å²) in [6, 6.07) is 16.7. The van der Waals surface area contributed by atoms with Gasteiger partial charge in [-0.2, -0.15) is 10.2 Å². The first-order chi connectivity index (χ1) is 21.3. The molecule has 2 N–H and O–H groups in total. The van der Waals surface area contributed by atoms with Gasteiger partial charge in [0.25, 0.3) is 0 Å². The Morgan fingerprint density at radius 2 is 1.21 bits per heavy atom. The maximum atomic E-state index is 6.56. The van der Waals surface area contributed by atoms with Gasteiger partial charge in [-0.3, -0.25) is 15.1 Å². The van der Waals surface area contributed by atoms with Crippen LogP contribution in [0.4, 0.5) is 11.6 Å². The third-order valence-electron chi connectivity index (χ3n) is 8.40. The molecule has 2 aliphatic rings. The van der Waals surface area contributed by atoms with Crippen LogP contribution in [0, 0.1) is 0 Å². The highest BCUT2D eigenvalue weighted by atomic mass is 16.5. The Bertz CT molecular complexity index is 1780. The zero-order valence-corrected chi connectivity index (χ0v) is 23.8. The average Bonchev–Trinajstić information content (AvgIpc) is 3.73. The Morgan fingerprint density at radius 3 is 1.81 bits per heavy atom. The number of rotatable bonds is 8. The highest BCUT2D eigenvalue weighted by Crippen LogP contribution is 2.47. The summed E-state index contributed by atoms with van der Waals surface area (Å²) in [6.45, 7) is 5.68. The van der Waals surface area contributed by atoms with Crippen LogP contribution in [-0.2, 0) is 4.74 Å². The van der Waals surface area contributed by atoms with Crippen LogP contribution in [-0.4, -0.2) is 74.7 Å². The van der Waals surface area contributed by atoms with Crippen molar-refractivity contribution < 1.29 is 9.47 Å². The maximum absolute atomic E-state index is 6.56. The van der Waals surface area contributed by atoms with Gasteiger partial charge in [-0.15, -0.1) is 0 Å². The molecule has 0 bridgehead atoms. The molecule has 43 heavy (non-hydrogen) atoms. The van der Waals surface area contributed by atoms with Crippen LogP contribution < -0.4 is 9.64 Å². The number of nitrogens with zero attached hydrogens (tertiary/aromatic N) is 6. The van der Waals surface area contributed by atoms with Gasteiger partial charge in [0.05, 0.1) is 36.6 Å². The topological polar surface area (TPSA) is 108 Å². The van der Waals surface area contributed by atoms with Crippen LogP contribution >= 0.6 is 0 Å². The van der Waals surface area contributed by atoms with Crippen molar-refractivity contribution in [1.29, 1.82) is 0 Å². The molecular formula is C33H32N8O2. The third kappa shape index (κ3) is 5.09. The Labute approximate surface area is 248 Å². The first kappa shape index (κ1) is 25.9. The normalized spacial score (nSPS) is 15.0. The second-order valence-electron chi connectivity index (χ2n) is 11.2. The lowest BCUT2D eigenvalue weighted by atomic mass is 10.0. The number of H-pyrrole nitrogens is 2. The van der Waals surface area contributed by atoms with Gasteiger partial charge in [0.2, 0.25) is 0 Å². The molecule has 10 heteroatoms. The monoisotopic (exact) mass is 572 g/mol. The predicted molar refractivity (Wildman–Crippen MR) is 167 cm³/mol. The SMILES string of the molecule is c1cc2[nH]ncc2cc1-c1cnc2c(c1)Oc1cc(-c3ccc4[nH]ncc4c3)cnc1N2CCCCCN1CCOCC1. The van der Waals surface area contributed by atoms with E-state index in [0.717, 1.165) is 126 Å². The molecule has 216 valence electrons. The molecule has 2 aliphatic heterocycles. The molecular weight excluding hydrogens is 540 g/mol. The number of hydrogen-bond donors (Lipinski definition) is 2. The van der Waals surface area contributed by atoms with E-state index in [1.54, 1.807) is 0 Å². The zero-order chi connectivity index (χ0) is 28.6. The second kappa shape index (κ2) is 11.1. The van der Waals surface area contributed by atoms with Gasteiger partial charge in [-0.1, -0.05) is 18.6 Å². The van der Waals surface area contributed by atoms with Crippen molar-refractivity contribution in [3.05, 3.63) is 73.3 Å². The molecule has 0 amide bonds. The number of pyridine rings is 2. The van der Waals surface area contributed by atoms with Gasteiger partial charge < -0.3 is 14.4 Å². The number of aromatic nitrogens is 6. The van der Waals surface area contributed by atoms with Crippen molar-refractivity contribution in [3.63, 3.8) is 0 Å². The van der Waals surface area contributed by atoms with Crippen LogP contribution in [0.15, 0.2) is 73.3 Å². The summed E-state index contributed by atoms with van der Waals surface area (Å²) in [5.41, 5.74) is 6.12. The Morgan fingerprint density at radius 1 is 0.628 bits per heavy atom. The fourth-order valence-electron chi connectivity index (χ4n) is 6.03. The molecule has 0 aliphatic carbocycles. The summed E-state index contributed by atoms with van der Waals surface area (Å²) in [7, 11) is 0. The fraction of sp³-hybridized carbons (Fsp3) is 0.273. The number of aromatic amines is 2. The summed E-state index contributed by atoms with van der Waals surface area (Å²) in [5.74, 6) is 3.06. The predicted octanol–water partition coefficient (Wildman–Crippen LogP) is 6.31. The van der Waals surface area contributed by atoms with Crippen LogP contribution in [0.3, 0.4) is 0 Å². The summed E-state index contributed by atoms with van der Waals surface area (Å²) < 4.78 is 12.1. The van der Waals surface area contributed by atoms with Crippen LogP contribution in [0.2, 0.25) is 0 Å². The number of morpholine rings is 1. The highest BCUT2D eigenvalue weighted by molar-refractivity contribution is 5.86. The molecule has 0 atom stereocenters. The van der Waals surface area contributed by atoms with E-state index < -0.39 is 0 Å². The van der Waals surface area contributed by atoms with Gasteiger partial charge in [0.15, 0.2) is 23.1 Å². The van der Waals surface area contributed by atoms with E-state index in [9.17, 15) is 0 Å². The molecule has 0 radical (unpaired) electrons. The lowest BCUT2D eigenvalue weighted by Crippen LogP contribution is -2.36. The number of nitrogens with one attached hydrogen (secondary N) is 2. The average molecular weight is 573 g/mol.